The highest BCUT2D eigenvalue weighted by Crippen LogP contribution is 2.14. The van der Waals surface area contributed by atoms with Gasteiger partial charge in [0.15, 0.2) is 11.6 Å². The van der Waals surface area contributed by atoms with Crippen LogP contribution in [0.2, 0.25) is 0 Å². The van der Waals surface area contributed by atoms with Gasteiger partial charge in [-0.15, -0.1) is 0 Å². The second-order valence-electron chi connectivity index (χ2n) is 5.43. The molecular weight excluding hydrogens is 316 g/mol. The topological polar surface area (TPSA) is 70.2 Å². The average molecular weight is 335 g/mol. The van der Waals surface area contributed by atoms with E-state index in [1.807, 2.05) is 14.1 Å². The van der Waals surface area contributed by atoms with Crippen molar-refractivity contribution in [3.8, 4) is 0 Å². The molecule has 0 saturated carbocycles. The molecule has 1 aromatic heterocycles. The molecule has 0 radical (unpaired) electrons. The monoisotopic (exact) mass is 335 g/mol. The van der Waals surface area contributed by atoms with Gasteiger partial charge in [-0.25, -0.2) is 18.7 Å². The van der Waals surface area contributed by atoms with Gasteiger partial charge in [0.25, 0.3) is 5.91 Å². The van der Waals surface area contributed by atoms with Crippen LogP contribution < -0.4 is 10.6 Å². The number of amides is 1. The SMILES string of the molecule is CN(C)CCCNc1nccc(C(=O)Nc2ccc(F)c(F)c2)n1. The maximum absolute atomic E-state index is 13.2. The normalized spacial score (nSPS) is 10.7. The number of rotatable bonds is 7. The molecule has 2 rings (SSSR count). The minimum Gasteiger partial charge on any atom is -0.354 e. The number of carbonyl (C=O) groups is 1. The summed E-state index contributed by atoms with van der Waals surface area (Å²) in [7, 11) is 3.97. The van der Waals surface area contributed by atoms with Crippen LogP contribution >= 0.6 is 0 Å². The number of anilines is 2. The first-order valence-corrected chi connectivity index (χ1v) is 7.44. The fraction of sp³-hybridized carbons (Fsp3) is 0.312. The van der Waals surface area contributed by atoms with Gasteiger partial charge < -0.3 is 15.5 Å². The van der Waals surface area contributed by atoms with E-state index in [1.54, 1.807) is 0 Å². The van der Waals surface area contributed by atoms with Crippen LogP contribution in [0.25, 0.3) is 0 Å². The van der Waals surface area contributed by atoms with Crippen molar-refractivity contribution in [3.05, 3.63) is 47.8 Å². The van der Waals surface area contributed by atoms with Crippen LogP contribution in [0.15, 0.2) is 30.5 Å². The van der Waals surface area contributed by atoms with Crippen LogP contribution in [0.1, 0.15) is 16.9 Å². The molecule has 0 bridgehead atoms. The van der Waals surface area contributed by atoms with E-state index >= 15 is 0 Å². The van der Waals surface area contributed by atoms with E-state index in [1.165, 1.54) is 18.3 Å². The van der Waals surface area contributed by atoms with Gasteiger partial charge in [-0.2, -0.15) is 0 Å². The third kappa shape index (κ3) is 5.24. The smallest absolute Gasteiger partial charge is 0.274 e. The van der Waals surface area contributed by atoms with E-state index in [2.05, 4.69) is 25.5 Å². The molecule has 0 unspecified atom stereocenters. The average Bonchev–Trinajstić information content (AvgIpc) is 2.55. The van der Waals surface area contributed by atoms with Gasteiger partial charge in [0.1, 0.15) is 5.69 Å². The molecule has 0 aliphatic rings. The van der Waals surface area contributed by atoms with E-state index in [9.17, 15) is 13.6 Å². The zero-order chi connectivity index (χ0) is 17.5. The number of nitrogens with zero attached hydrogens (tertiary/aromatic N) is 3. The third-order valence-corrected chi connectivity index (χ3v) is 3.13. The Labute approximate surface area is 138 Å². The molecule has 0 fully saturated rings. The van der Waals surface area contributed by atoms with Crippen LogP contribution in [-0.2, 0) is 0 Å². The highest BCUT2D eigenvalue weighted by molar-refractivity contribution is 6.02. The van der Waals surface area contributed by atoms with E-state index in [-0.39, 0.29) is 11.4 Å². The molecule has 128 valence electrons. The summed E-state index contributed by atoms with van der Waals surface area (Å²) in [4.78, 5) is 22.3. The number of aromatic nitrogens is 2. The van der Waals surface area contributed by atoms with Crippen LogP contribution in [0.3, 0.4) is 0 Å². The number of hydrogen-bond acceptors (Lipinski definition) is 5. The Morgan fingerprint density at radius 3 is 2.71 bits per heavy atom. The molecule has 1 amide bonds. The van der Waals surface area contributed by atoms with Crippen molar-refractivity contribution in [1.82, 2.24) is 14.9 Å². The molecule has 0 aliphatic carbocycles. The minimum atomic E-state index is -1.03. The first kappa shape index (κ1) is 17.7. The molecule has 0 saturated heterocycles. The predicted octanol–water partition coefficient (Wildman–Crippen LogP) is 2.37. The summed E-state index contributed by atoms with van der Waals surface area (Å²) in [6.07, 6.45) is 2.36. The Morgan fingerprint density at radius 1 is 1.21 bits per heavy atom. The van der Waals surface area contributed by atoms with E-state index in [0.717, 1.165) is 25.1 Å². The van der Waals surface area contributed by atoms with Crippen LogP contribution in [0.4, 0.5) is 20.4 Å². The minimum absolute atomic E-state index is 0.129. The number of hydrogen-bond donors (Lipinski definition) is 2. The van der Waals surface area contributed by atoms with Crippen LogP contribution in [-0.4, -0.2) is 48.0 Å². The molecule has 0 spiro atoms. The van der Waals surface area contributed by atoms with Gasteiger partial charge in [0.05, 0.1) is 0 Å². The largest absolute Gasteiger partial charge is 0.354 e. The summed E-state index contributed by atoms with van der Waals surface area (Å²) in [5.74, 6) is -2.19. The van der Waals surface area contributed by atoms with Crippen LogP contribution in [0, 0.1) is 11.6 Å². The third-order valence-electron chi connectivity index (χ3n) is 3.13. The predicted molar refractivity (Wildman–Crippen MR) is 88.0 cm³/mol. The fourth-order valence-corrected chi connectivity index (χ4v) is 1.93. The van der Waals surface area contributed by atoms with Gasteiger partial charge in [-0.1, -0.05) is 0 Å². The van der Waals surface area contributed by atoms with Crippen molar-refractivity contribution in [2.45, 2.75) is 6.42 Å². The second kappa shape index (κ2) is 8.30. The lowest BCUT2D eigenvalue weighted by Crippen LogP contribution is -2.18. The molecular formula is C16H19F2N5O. The quantitative estimate of drug-likeness (QED) is 0.760. The Bertz CT molecular complexity index is 709. The Balaban J connectivity index is 1.96. The summed E-state index contributed by atoms with van der Waals surface area (Å²) in [5.41, 5.74) is 0.280. The zero-order valence-electron chi connectivity index (χ0n) is 13.5. The maximum atomic E-state index is 13.2. The number of halogens is 2. The van der Waals surface area contributed by atoms with Crippen LogP contribution in [0.5, 0.6) is 0 Å². The highest BCUT2D eigenvalue weighted by Gasteiger charge is 2.11. The summed E-state index contributed by atoms with van der Waals surface area (Å²) < 4.78 is 26.1. The Hall–Kier alpha value is -2.61. The van der Waals surface area contributed by atoms with E-state index in [4.69, 9.17) is 0 Å². The van der Waals surface area contributed by atoms with Crippen molar-refractivity contribution >= 4 is 17.5 Å². The van der Waals surface area contributed by atoms with Gasteiger partial charge in [0, 0.05) is 24.5 Å². The van der Waals surface area contributed by atoms with E-state index < -0.39 is 17.5 Å². The second-order valence-corrected chi connectivity index (χ2v) is 5.43. The lowest BCUT2D eigenvalue weighted by Gasteiger charge is -2.10. The molecule has 1 aromatic carbocycles. The summed E-state index contributed by atoms with van der Waals surface area (Å²) in [6.45, 7) is 1.59. The van der Waals surface area contributed by atoms with Crippen molar-refractivity contribution < 1.29 is 13.6 Å². The molecule has 24 heavy (non-hydrogen) atoms. The first-order valence-electron chi connectivity index (χ1n) is 7.44. The van der Waals surface area contributed by atoms with Crippen molar-refractivity contribution in [3.63, 3.8) is 0 Å². The van der Waals surface area contributed by atoms with Crippen molar-refractivity contribution in [2.24, 2.45) is 0 Å². The van der Waals surface area contributed by atoms with Crippen molar-refractivity contribution in [1.29, 1.82) is 0 Å². The summed E-state index contributed by atoms with van der Waals surface area (Å²) in [6, 6.07) is 4.58. The molecule has 0 aliphatic heterocycles. The number of nitrogens with one attached hydrogen (secondary N) is 2. The lowest BCUT2D eigenvalue weighted by atomic mass is 10.3. The van der Waals surface area contributed by atoms with Gasteiger partial charge in [-0.3, -0.25) is 4.79 Å². The van der Waals surface area contributed by atoms with E-state index in [0.29, 0.717) is 12.5 Å². The van der Waals surface area contributed by atoms with Gasteiger partial charge in [0.2, 0.25) is 5.95 Å². The Kier molecular flexibility index (Phi) is 6.14. The molecule has 2 N–H and O–H groups in total. The molecule has 0 atom stereocenters. The van der Waals surface area contributed by atoms with Gasteiger partial charge >= 0.3 is 0 Å². The van der Waals surface area contributed by atoms with Crippen molar-refractivity contribution in [2.75, 3.05) is 37.8 Å². The highest BCUT2D eigenvalue weighted by atomic mass is 19.2. The zero-order valence-corrected chi connectivity index (χ0v) is 13.5. The molecule has 8 heteroatoms. The standard InChI is InChI=1S/C16H19F2N5O/c1-23(2)9-3-7-19-16-20-8-6-14(22-16)15(24)21-11-4-5-12(17)13(18)10-11/h4-6,8,10H,3,7,9H2,1-2H3,(H,21,24)(H,19,20,22). The molecule has 1 heterocycles. The molecule has 6 nitrogen and oxygen atoms in total. The van der Waals surface area contributed by atoms with Gasteiger partial charge in [-0.05, 0) is 45.3 Å². The Morgan fingerprint density at radius 2 is 2.00 bits per heavy atom. The summed E-state index contributed by atoms with van der Waals surface area (Å²) >= 11 is 0. The number of benzene rings is 1. The first-order chi connectivity index (χ1) is 11.5. The maximum Gasteiger partial charge on any atom is 0.274 e. The fourth-order valence-electron chi connectivity index (χ4n) is 1.93. The number of carbonyl (C=O) groups excluding carboxylic acids is 1. The molecule has 2 aromatic rings. The lowest BCUT2D eigenvalue weighted by molar-refractivity contribution is 0.102. The summed E-state index contributed by atoms with van der Waals surface area (Å²) in [5, 5.41) is 5.50.